The minimum absolute atomic E-state index is 0.215. The zero-order valence-corrected chi connectivity index (χ0v) is 20.4. The van der Waals surface area contributed by atoms with Gasteiger partial charge < -0.3 is 19.4 Å². The molecule has 2 aromatic carbocycles. The molecule has 2 N–H and O–H groups in total. The smallest absolute Gasteiger partial charge is 0.303 e. The third-order valence-electron chi connectivity index (χ3n) is 5.41. The second-order valence-corrected chi connectivity index (χ2v) is 8.78. The quantitative estimate of drug-likeness (QED) is 0.220. The lowest BCUT2D eigenvalue weighted by atomic mass is 10.1. The Bertz CT molecular complexity index is 1070. The highest BCUT2D eigenvalue weighted by atomic mass is 16.5. The van der Waals surface area contributed by atoms with Crippen molar-refractivity contribution in [3.63, 3.8) is 0 Å². The maximum absolute atomic E-state index is 10.4. The monoisotopic (exact) mass is 469 g/mol. The number of fused-ring (bicyclic) bond motifs is 1. The predicted molar refractivity (Wildman–Crippen MR) is 132 cm³/mol. The molecule has 0 aliphatic rings. The number of ether oxygens (including phenoxy) is 1. The number of hydrogen-bond donors (Lipinski definition) is 2. The summed E-state index contributed by atoms with van der Waals surface area (Å²) in [4.78, 5) is 22.7. The fourth-order valence-corrected chi connectivity index (χ4v) is 3.23. The topological polar surface area (TPSA) is 100 Å². The highest BCUT2D eigenvalue weighted by Crippen LogP contribution is 2.22. The van der Waals surface area contributed by atoms with E-state index < -0.39 is 11.7 Å². The summed E-state index contributed by atoms with van der Waals surface area (Å²) in [7, 11) is 1.86. The van der Waals surface area contributed by atoms with Gasteiger partial charge in [-0.1, -0.05) is 18.2 Å². The molecule has 1 heterocycles. The number of nitrogens with zero attached hydrogens (tertiary/aromatic N) is 1. The fraction of sp³-hybridized carbons (Fsp3) is 0.407. The van der Waals surface area contributed by atoms with Crippen molar-refractivity contribution in [2.45, 2.75) is 58.7 Å². The van der Waals surface area contributed by atoms with Crippen LogP contribution in [0.5, 0.6) is 5.75 Å². The fourth-order valence-electron chi connectivity index (χ4n) is 3.23. The van der Waals surface area contributed by atoms with Gasteiger partial charge in [0, 0.05) is 29.5 Å². The number of carbonyl (C=O) groups excluding carboxylic acids is 1. The van der Waals surface area contributed by atoms with Gasteiger partial charge in [0.05, 0.1) is 6.61 Å². The van der Waals surface area contributed by atoms with Gasteiger partial charge >= 0.3 is 5.97 Å². The summed E-state index contributed by atoms with van der Waals surface area (Å²) >= 11 is 0. The molecule has 0 saturated carbocycles. The maximum Gasteiger partial charge on any atom is 0.303 e. The van der Waals surface area contributed by atoms with Crippen LogP contribution >= 0.6 is 0 Å². The molecule has 184 valence electrons. The van der Waals surface area contributed by atoms with Gasteiger partial charge in [-0.3, -0.25) is 14.5 Å². The number of aldehydes is 1. The minimum atomic E-state index is -0.885. The van der Waals surface area contributed by atoms with E-state index in [2.05, 4.69) is 0 Å². The third-order valence-corrected chi connectivity index (χ3v) is 5.41. The van der Waals surface area contributed by atoms with Crippen molar-refractivity contribution in [1.82, 2.24) is 4.90 Å². The van der Waals surface area contributed by atoms with E-state index in [-0.39, 0.29) is 6.42 Å². The molecule has 0 unspecified atom stereocenters. The van der Waals surface area contributed by atoms with Crippen molar-refractivity contribution in [1.29, 1.82) is 0 Å². The Morgan fingerprint density at radius 1 is 1.12 bits per heavy atom. The minimum Gasteiger partial charge on any atom is -0.493 e. The zero-order valence-electron chi connectivity index (χ0n) is 20.4. The molecule has 0 amide bonds. The summed E-state index contributed by atoms with van der Waals surface area (Å²) in [5.41, 5.74) is 1.66. The van der Waals surface area contributed by atoms with Crippen LogP contribution in [-0.4, -0.2) is 46.7 Å². The summed E-state index contributed by atoms with van der Waals surface area (Å²) in [6, 6.07) is 15.1. The molecule has 1 aromatic heterocycles. The summed E-state index contributed by atoms with van der Waals surface area (Å²) in [5, 5.41) is 19.6. The van der Waals surface area contributed by atoms with E-state index in [0.29, 0.717) is 25.1 Å². The maximum atomic E-state index is 10.4. The van der Waals surface area contributed by atoms with E-state index in [1.807, 2.05) is 61.3 Å². The Kier molecular flexibility index (Phi) is 10.3. The van der Waals surface area contributed by atoms with Gasteiger partial charge in [-0.2, -0.15) is 0 Å². The van der Waals surface area contributed by atoms with E-state index in [9.17, 15) is 14.7 Å². The van der Waals surface area contributed by atoms with Crippen LogP contribution in [0.15, 0.2) is 52.9 Å². The number of unbranched alkanes of at least 4 members (excludes halogenated alkanes) is 2. The average molecular weight is 470 g/mol. The van der Waals surface area contributed by atoms with Crippen LogP contribution in [0.25, 0.3) is 11.0 Å². The zero-order chi connectivity index (χ0) is 25.1. The molecule has 3 aromatic rings. The number of furan rings is 1. The normalized spacial score (nSPS) is 11.2. The van der Waals surface area contributed by atoms with Gasteiger partial charge in [-0.25, -0.2) is 0 Å². The number of rotatable bonds is 11. The summed E-state index contributed by atoms with van der Waals surface area (Å²) in [6.45, 7) is 6.56. The van der Waals surface area contributed by atoms with E-state index in [4.69, 9.17) is 14.3 Å². The number of carboxylic acid groups (broad SMARTS) is 1. The SMILES string of the molecule is CN(Cc1ccccc1OCCCCCC(=O)O)C(C)(C)O.Cc1cc2cc(C=O)ccc2o1. The number of aliphatic hydroxyl groups is 1. The number of hydrogen-bond acceptors (Lipinski definition) is 6. The highest BCUT2D eigenvalue weighted by molar-refractivity contribution is 5.86. The first-order chi connectivity index (χ1) is 16.1. The summed E-state index contributed by atoms with van der Waals surface area (Å²) < 4.78 is 11.2. The number of aliphatic carboxylic acids is 1. The molecule has 0 atom stereocenters. The number of carboxylic acids is 1. The summed E-state index contributed by atoms with van der Waals surface area (Å²) in [6.07, 6.45) is 3.41. The standard InChI is InChI=1S/C17H27NO4.C10H8O2/c1-17(2,21)18(3)13-14-9-6-7-10-15(14)22-12-8-4-5-11-16(19)20;1-7-4-9-5-8(6-11)2-3-10(9)12-7/h6-7,9-10,21H,4-5,8,11-13H2,1-3H3,(H,19,20);2-6H,1H3. The lowest BCUT2D eigenvalue weighted by Crippen LogP contribution is -2.40. The van der Waals surface area contributed by atoms with Gasteiger partial charge in [-0.15, -0.1) is 0 Å². The van der Waals surface area contributed by atoms with Crippen molar-refractivity contribution in [3.05, 3.63) is 65.4 Å². The van der Waals surface area contributed by atoms with E-state index >= 15 is 0 Å². The number of carbonyl (C=O) groups is 2. The van der Waals surface area contributed by atoms with Crippen molar-refractivity contribution >= 4 is 23.2 Å². The molecular formula is C27H35NO6. The molecule has 7 nitrogen and oxygen atoms in total. The first kappa shape index (κ1) is 27.1. The number of aryl methyl sites for hydroxylation is 1. The highest BCUT2D eigenvalue weighted by Gasteiger charge is 2.20. The Morgan fingerprint density at radius 2 is 1.85 bits per heavy atom. The van der Waals surface area contributed by atoms with Gasteiger partial charge in [0.15, 0.2) is 0 Å². The molecule has 0 radical (unpaired) electrons. The molecule has 0 bridgehead atoms. The lowest BCUT2D eigenvalue weighted by molar-refractivity contribution is -0.137. The van der Waals surface area contributed by atoms with Crippen LogP contribution in [0.3, 0.4) is 0 Å². The molecular weight excluding hydrogens is 434 g/mol. The second-order valence-electron chi connectivity index (χ2n) is 8.78. The number of para-hydroxylation sites is 1. The van der Waals surface area contributed by atoms with Crippen LogP contribution in [0.4, 0.5) is 0 Å². The molecule has 0 spiro atoms. The van der Waals surface area contributed by atoms with Gasteiger partial charge in [-0.05, 0) is 77.4 Å². The Balaban J connectivity index is 0.000000283. The van der Waals surface area contributed by atoms with Crippen molar-refractivity contribution in [3.8, 4) is 5.75 Å². The van der Waals surface area contributed by atoms with Crippen molar-refractivity contribution in [2.24, 2.45) is 0 Å². The number of benzene rings is 2. The van der Waals surface area contributed by atoms with Crippen LogP contribution in [0, 0.1) is 6.92 Å². The van der Waals surface area contributed by atoms with Gasteiger partial charge in [0.25, 0.3) is 0 Å². The molecule has 34 heavy (non-hydrogen) atoms. The van der Waals surface area contributed by atoms with Crippen LogP contribution in [0.1, 0.15) is 61.2 Å². The van der Waals surface area contributed by atoms with E-state index in [1.54, 1.807) is 19.9 Å². The van der Waals surface area contributed by atoms with Crippen LogP contribution in [-0.2, 0) is 11.3 Å². The molecule has 7 heteroatoms. The summed E-state index contributed by atoms with van der Waals surface area (Å²) in [5.74, 6) is 0.936. The predicted octanol–water partition coefficient (Wildman–Crippen LogP) is 5.42. The second kappa shape index (κ2) is 12.9. The van der Waals surface area contributed by atoms with Crippen LogP contribution in [0.2, 0.25) is 0 Å². The largest absolute Gasteiger partial charge is 0.493 e. The van der Waals surface area contributed by atoms with Gasteiger partial charge in [0.1, 0.15) is 29.1 Å². The Labute approximate surface area is 200 Å². The van der Waals surface area contributed by atoms with E-state index in [0.717, 1.165) is 47.2 Å². The van der Waals surface area contributed by atoms with Gasteiger partial charge in [0.2, 0.25) is 0 Å². The lowest BCUT2D eigenvalue weighted by Gasteiger charge is -2.30. The first-order valence-electron chi connectivity index (χ1n) is 11.4. The van der Waals surface area contributed by atoms with Crippen molar-refractivity contribution in [2.75, 3.05) is 13.7 Å². The molecule has 0 aliphatic heterocycles. The Morgan fingerprint density at radius 3 is 2.53 bits per heavy atom. The molecule has 0 saturated heterocycles. The average Bonchev–Trinajstić information content (AvgIpc) is 3.15. The Hall–Kier alpha value is -3.16. The molecule has 0 fully saturated rings. The van der Waals surface area contributed by atoms with Crippen LogP contribution < -0.4 is 4.74 Å². The van der Waals surface area contributed by atoms with Crippen molar-refractivity contribution < 1.29 is 29.0 Å². The van der Waals surface area contributed by atoms with E-state index in [1.165, 1.54) is 0 Å². The molecule has 0 aliphatic carbocycles. The first-order valence-corrected chi connectivity index (χ1v) is 11.4. The third kappa shape index (κ3) is 9.00. The molecule has 3 rings (SSSR count).